The van der Waals surface area contributed by atoms with E-state index in [2.05, 4.69) is 18.3 Å². The molecule has 0 heterocycles. The van der Waals surface area contributed by atoms with Crippen LogP contribution in [0.4, 0.5) is 0 Å². The lowest BCUT2D eigenvalue weighted by Crippen LogP contribution is -2.22. The van der Waals surface area contributed by atoms with E-state index in [0.717, 1.165) is 18.7 Å². The number of aliphatic hydroxyl groups is 1. The van der Waals surface area contributed by atoms with Crippen molar-refractivity contribution < 1.29 is 9.84 Å². The Morgan fingerprint density at radius 1 is 1.35 bits per heavy atom. The van der Waals surface area contributed by atoms with Crippen LogP contribution in [-0.4, -0.2) is 24.4 Å². The molecule has 0 saturated heterocycles. The molecule has 0 radical (unpaired) electrons. The highest BCUT2D eigenvalue weighted by molar-refractivity contribution is 5.30. The molecule has 17 heavy (non-hydrogen) atoms. The maximum atomic E-state index is 9.07. The van der Waals surface area contributed by atoms with E-state index in [1.54, 1.807) is 0 Å². The van der Waals surface area contributed by atoms with Gasteiger partial charge in [0.05, 0.1) is 6.10 Å². The Morgan fingerprint density at radius 3 is 2.71 bits per heavy atom. The Hall–Kier alpha value is -1.06. The molecule has 0 spiro atoms. The Morgan fingerprint density at radius 2 is 2.12 bits per heavy atom. The van der Waals surface area contributed by atoms with E-state index in [9.17, 15) is 0 Å². The van der Waals surface area contributed by atoms with Gasteiger partial charge in [0.1, 0.15) is 5.75 Å². The van der Waals surface area contributed by atoms with Crippen molar-refractivity contribution in [1.82, 2.24) is 5.32 Å². The van der Waals surface area contributed by atoms with E-state index >= 15 is 0 Å². The summed E-state index contributed by atoms with van der Waals surface area (Å²) in [5.41, 5.74) is 1.17. The second-order valence-electron chi connectivity index (χ2n) is 4.36. The summed E-state index contributed by atoms with van der Waals surface area (Å²) in [7, 11) is 0. The molecule has 0 fully saturated rings. The molecule has 1 unspecified atom stereocenters. The Labute approximate surface area is 104 Å². The number of aliphatic hydroxyl groups excluding tert-OH is 1. The van der Waals surface area contributed by atoms with Gasteiger partial charge in [-0.1, -0.05) is 19.1 Å². The molecule has 3 heteroatoms. The standard InChI is InChI=1S/C14H23NO2/c1-4-15-14(8-9-16)12-6-5-7-13(10-12)17-11(2)3/h5-7,10-11,14-16H,4,8-9H2,1-3H3. The van der Waals surface area contributed by atoms with Crippen molar-refractivity contribution in [2.45, 2.75) is 39.3 Å². The quantitative estimate of drug-likeness (QED) is 0.765. The summed E-state index contributed by atoms with van der Waals surface area (Å²) >= 11 is 0. The first-order chi connectivity index (χ1) is 8.17. The van der Waals surface area contributed by atoms with Gasteiger partial charge in [-0.2, -0.15) is 0 Å². The number of ether oxygens (including phenoxy) is 1. The summed E-state index contributed by atoms with van der Waals surface area (Å²) in [4.78, 5) is 0. The van der Waals surface area contributed by atoms with Crippen molar-refractivity contribution in [3.05, 3.63) is 29.8 Å². The molecule has 2 N–H and O–H groups in total. The molecule has 0 bridgehead atoms. The lowest BCUT2D eigenvalue weighted by Gasteiger charge is -2.18. The smallest absolute Gasteiger partial charge is 0.120 e. The molecular formula is C14H23NO2. The van der Waals surface area contributed by atoms with Crippen LogP contribution in [0.2, 0.25) is 0 Å². The first-order valence-corrected chi connectivity index (χ1v) is 6.28. The maximum absolute atomic E-state index is 9.07. The highest BCUT2D eigenvalue weighted by atomic mass is 16.5. The number of nitrogens with one attached hydrogen (secondary N) is 1. The van der Waals surface area contributed by atoms with Gasteiger partial charge in [-0.05, 0) is 44.5 Å². The fourth-order valence-corrected chi connectivity index (χ4v) is 1.84. The van der Waals surface area contributed by atoms with E-state index in [1.165, 1.54) is 5.56 Å². The van der Waals surface area contributed by atoms with Crippen LogP contribution >= 0.6 is 0 Å². The molecule has 3 nitrogen and oxygen atoms in total. The third kappa shape index (κ3) is 4.75. The van der Waals surface area contributed by atoms with Crippen LogP contribution < -0.4 is 10.1 Å². The number of rotatable bonds is 7. The van der Waals surface area contributed by atoms with Gasteiger partial charge in [-0.25, -0.2) is 0 Å². The van der Waals surface area contributed by atoms with E-state index in [0.29, 0.717) is 0 Å². The summed E-state index contributed by atoms with van der Waals surface area (Å²) in [5.74, 6) is 0.887. The lowest BCUT2D eigenvalue weighted by atomic mass is 10.0. The van der Waals surface area contributed by atoms with Crippen LogP contribution in [0, 0.1) is 0 Å². The predicted octanol–water partition coefficient (Wildman–Crippen LogP) is 2.51. The van der Waals surface area contributed by atoms with Crippen LogP contribution in [0.1, 0.15) is 38.8 Å². The van der Waals surface area contributed by atoms with Crippen molar-refractivity contribution in [3.63, 3.8) is 0 Å². The molecule has 0 aliphatic rings. The van der Waals surface area contributed by atoms with E-state index in [1.807, 2.05) is 32.0 Å². The Kier molecular flexibility index (Phi) is 6.01. The Bertz CT molecular complexity index is 320. The largest absolute Gasteiger partial charge is 0.491 e. The van der Waals surface area contributed by atoms with E-state index in [-0.39, 0.29) is 18.8 Å². The van der Waals surface area contributed by atoms with Crippen LogP contribution in [0.5, 0.6) is 5.75 Å². The zero-order valence-corrected chi connectivity index (χ0v) is 10.9. The first-order valence-electron chi connectivity index (χ1n) is 6.28. The van der Waals surface area contributed by atoms with Crippen LogP contribution in [-0.2, 0) is 0 Å². The minimum absolute atomic E-state index is 0.181. The van der Waals surface area contributed by atoms with Gasteiger partial charge in [0.2, 0.25) is 0 Å². The normalized spacial score (nSPS) is 12.8. The monoisotopic (exact) mass is 237 g/mol. The molecule has 1 aromatic carbocycles. The molecule has 1 atom stereocenters. The molecule has 0 aliphatic heterocycles. The molecule has 96 valence electrons. The van der Waals surface area contributed by atoms with E-state index < -0.39 is 0 Å². The van der Waals surface area contributed by atoms with Crippen molar-refractivity contribution in [1.29, 1.82) is 0 Å². The number of hydrogen-bond acceptors (Lipinski definition) is 3. The minimum atomic E-state index is 0.181. The summed E-state index contributed by atoms with van der Waals surface area (Å²) in [6, 6.07) is 8.26. The van der Waals surface area contributed by atoms with Gasteiger partial charge in [0.25, 0.3) is 0 Å². The second-order valence-corrected chi connectivity index (χ2v) is 4.36. The van der Waals surface area contributed by atoms with Gasteiger partial charge in [-0.15, -0.1) is 0 Å². The zero-order chi connectivity index (χ0) is 12.7. The van der Waals surface area contributed by atoms with Gasteiger partial charge < -0.3 is 15.2 Å². The third-order valence-electron chi connectivity index (χ3n) is 2.50. The summed E-state index contributed by atoms with van der Waals surface area (Å²) in [6.45, 7) is 7.18. The zero-order valence-electron chi connectivity index (χ0n) is 10.9. The summed E-state index contributed by atoms with van der Waals surface area (Å²) < 4.78 is 5.67. The average Bonchev–Trinajstić information content (AvgIpc) is 2.28. The fourth-order valence-electron chi connectivity index (χ4n) is 1.84. The van der Waals surface area contributed by atoms with Crippen molar-refractivity contribution in [2.75, 3.05) is 13.2 Å². The minimum Gasteiger partial charge on any atom is -0.491 e. The van der Waals surface area contributed by atoms with Gasteiger partial charge in [-0.3, -0.25) is 0 Å². The molecule has 1 aromatic rings. The van der Waals surface area contributed by atoms with Crippen molar-refractivity contribution in [2.24, 2.45) is 0 Å². The number of hydrogen-bond donors (Lipinski definition) is 2. The Balaban J connectivity index is 2.79. The van der Waals surface area contributed by atoms with Crippen LogP contribution in [0.15, 0.2) is 24.3 Å². The third-order valence-corrected chi connectivity index (χ3v) is 2.50. The van der Waals surface area contributed by atoms with E-state index in [4.69, 9.17) is 9.84 Å². The average molecular weight is 237 g/mol. The lowest BCUT2D eigenvalue weighted by molar-refractivity contribution is 0.241. The van der Waals surface area contributed by atoms with Gasteiger partial charge in [0.15, 0.2) is 0 Å². The molecule has 0 saturated carbocycles. The summed E-state index contributed by atoms with van der Waals surface area (Å²) in [5, 5.41) is 12.4. The predicted molar refractivity (Wildman–Crippen MR) is 70.3 cm³/mol. The molecule has 0 aliphatic carbocycles. The fraction of sp³-hybridized carbons (Fsp3) is 0.571. The van der Waals surface area contributed by atoms with Gasteiger partial charge in [0, 0.05) is 12.6 Å². The first kappa shape index (κ1) is 14.0. The molecular weight excluding hydrogens is 214 g/mol. The van der Waals surface area contributed by atoms with Crippen molar-refractivity contribution in [3.8, 4) is 5.75 Å². The highest BCUT2D eigenvalue weighted by Gasteiger charge is 2.10. The SMILES string of the molecule is CCNC(CCO)c1cccc(OC(C)C)c1. The second kappa shape index (κ2) is 7.30. The van der Waals surface area contributed by atoms with Crippen LogP contribution in [0.3, 0.4) is 0 Å². The number of benzene rings is 1. The molecule has 0 aromatic heterocycles. The molecule has 0 amide bonds. The maximum Gasteiger partial charge on any atom is 0.120 e. The van der Waals surface area contributed by atoms with Crippen LogP contribution in [0.25, 0.3) is 0 Å². The summed E-state index contributed by atoms with van der Waals surface area (Å²) in [6.07, 6.45) is 0.902. The molecule has 1 rings (SSSR count). The highest BCUT2D eigenvalue weighted by Crippen LogP contribution is 2.22. The topological polar surface area (TPSA) is 41.5 Å². The van der Waals surface area contributed by atoms with Crippen molar-refractivity contribution >= 4 is 0 Å². The van der Waals surface area contributed by atoms with Gasteiger partial charge >= 0.3 is 0 Å².